The van der Waals surface area contributed by atoms with Crippen molar-refractivity contribution in [1.29, 1.82) is 0 Å². The largest absolute Gasteiger partial charge is 0.347 e. The number of likely N-dealkylation sites (N-methyl/N-ethyl adjacent to an activating group) is 1. The Hall–Kier alpha value is -0.660. The summed E-state index contributed by atoms with van der Waals surface area (Å²) in [5.74, 6) is -0.0370. The van der Waals surface area contributed by atoms with E-state index in [9.17, 15) is 13.2 Å². The molecular weight excluding hydrogens is 196 g/mol. The highest BCUT2D eigenvalue weighted by Gasteiger charge is 2.07. The maximum atomic E-state index is 10.6. The molecule has 0 aromatic rings. The molecule has 0 aromatic carbocycles. The quantitative estimate of drug-likeness (QED) is 0.539. The van der Waals surface area contributed by atoms with E-state index in [1.165, 1.54) is 4.90 Å². The molecule has 0 bridgehead atoms. The SMILES string of the molecule is CC(N)C(=O)N(C)C.CS(=O)(=O)O. The summed E-state index contributed by atoms with van der Waals surface area (Å²) in [6.45, 7) is 1.67. The van der Waals surface area contributed by atoms with Gasteiger partial charge in [-0.1, -0.05) is 0 Å². The van der Waals surface area contributed by atoms with Gasteiger partial charge in [-0.15, -0.1) is 0 Å². The number of nitrogens with zero attached hydrogens (tertiary/aromatic N) is 1. The Balaban J connectivity index is 0. The fraction of sp³-hybridized carbons (Fsp3) is 0.833. The third-order valence-corrected chi connectivity index (χ3v) is 0.830. The minimum Gasteiger partial charge on any atom is -0.347 e. The molecule has 0 heterocycles. The number of nitrogens with two attached hydrogens (primary N) is 1. The van der Waals surface area contributed by atoms with Crippen molar-refractivity contribution >= 4 is 16.0 Å². The van der Waals surface area contributed by atoms with Crippen LogP contribution in [0.5, 0.6) is 0 Å². The van der Waals surface area contributed by atoms with Gasteiger partial charge in [0.2, 0.25) is 5.91 Å². The number of amides is 1. The standard InChI is InChI=1S/C5H12N2O.CH4O3S/c1-4(6)5(8)7(2)3;1-5(2,3)4/h4H,6H2,1-3H3;1H3,(H,2,3,4). The van der Waals surface area contributed by atoms with E-state index in [0.29, 0.717) is 6.26 Å². The zero-order valence-electron chi connectivity index (χ0n) is 8.18. The van der Waals surface area contributed by atoms with Gasteiger partial charge in [0, 0.05) is 14.1 Å². The molecule has 0 aliphatic heterocycles. The molecule has 3 N–H and O–H groups in total. The Morgan fingerprint density at radius 1 is 1.46 bits per heavy atom. The second kappa shape index (κ2) is 5.90. The number of hydrogen-bond donors (Lipinski definition) is 2. The zero-order chi connectivity index (χ0) is 11.2. The lowest BCUT2D eigenvalue weighted by Crippen LogP contribution is -2.37. The lowest BCUT2D eigenvalue weighted by Gasteiger charge is -2.11. The molecule has 0 saturated carbocycles. The van der Waals surface area contributed by atoms with Crippen LogP contribution in [0.4, 0.5) is 0 Å². The van der Waals surface area contributed by atoms with Gasteiger partial charge in [-0.2, -0.15) is 8.42 Å². The topological polar surface area (TPSA) is 101 Å². The van der Waals surface area contributed by atoms with Gasteiger partial charge in [0.15, 0.2) is 0 Å². The molecule has 80 valence electrons. The highest BCUT2D eigenvalue weighted by Crippen LogP contribution is 1.81. The molecule has 13 heavy (non-hydrogen) atoms. The molecular formula is C6H16N2O4S. The van der Waals surface area contributed by atoms with Crippen molar-refractivity contribution in [2.24, 2.45) is 5.73 Å². The maximum absolute atomic E-state index is 10.6. The van der Waals surface area contributed by atoms with Crippen molar-refractivity contribution < 1.29 is 17.8 Å². The molecule has 0 saturated heterocycles. The van der Waals surface area contributed by atoms with Crippen molar-refractivity contribution in [2.45, 2.75) is 13.0 Å². The Kier molecular flexibility index (Phi) is 6.73. The van der Waals surface area contributed by atoms with Gasteiger partial charge in [-0.3, -0.25) is 9.35 Å². The second-order valence-electron chi connectivity index (χ2n) is 2.75. The van der Waals surface area contributed by atoms with E-state index in [4.69, 9.17) is 10.3 Å². The predicted molar refractivity (Wildman–Crippen MR) is 49.8 cm³/mol. The Bertz CT molecular complexity index is 227. The molecule has 0 aliphatic carbocycles. The lowest BCUT2D eigenvalue weighted by molar-refractivity contribution is -0.129. The van der Waals surface area contributed by atoms with Crippen LogP contribution in [-0.2, 0) is 14.9 Å². The van der Waals surface area contributed by atoms with E-state index in [1.807, 2.05) is 0 Å². The van der Waals surface area contributed by atoms with Crippen LogP contribution >= 0.6 is 0 Å². The van der Waals surface area contributed by atoms with Crippen molar-refractivity contribution in [3.8, 4) is 0 Å². The smallest absolute Gasteiger partial charge is 0.261 e. The van der Waals surface area contributed by atoms with Crippen molar-refractivity contribution in [2.75, 3.05) is 20.4 Å². The molecule has 0 aromatic heterocycles. The average Bonchev–Trinajstić information content (AvgIpc) is 1.81. The fourth-order valence-corrected chi connectivity index (χ4v) is 0.407. The highest BCUT2D eigenvalue weighted by molar-refractivity contribution is 7.85. The highest BCUT2D eigenvalue weighted by atomic mass is 32.2. The predicted octanol–water partition coefficient (Wildman–Crippen LogP) is -1.07. The van der Waals surface area contributed by atoms with Gasteiger partial charge in [-0.05, 0) is 6.92 Å². The molecule has 0 radical (unpaired) electrons. The Morgan fingerprint density at radius 3 is 1.69 bits per heavy atom. The zero-order valence-corrected chi connectivity index (χ0v) is 9.00. The molecule has 1 unspecified atom stereocenters. The van der Waals surface area contributed by atoms with Gasteiger partial charge >= 0.3 is 0 Å². The van der Waals surface area contributed by atoms with Crippen LogP contribution in [0.3, 0.4) is 0 Å². The van der Waals surface area contributed by atoms with Crippen LogP contribution in [0.25, 0.3) is 0 Å². The van der Waals surface area contributed by atoms with Gasteiger partial charge in [-0.25, -0.2) is 0 Å². The first-order chi connectivity index (χ1) is 5.55. The number of rotatable bonds is 1. The summed E-state index contributed by atoms with van der Waals surface area (Å²) < 4.78 is 25.9. The van der Waals surface area contributed by atoms with Crippen LogP contribution in [-0.4, -0.2) is 50.2 Å². The molecule has 0 rings (SSSR count). The minimum atomic E-state index is -3.67. The molecule has 7 heteroatoms. The van der Waals surface area contributed by atoms with Crippen molar-refractivity contribution in [1.82, 2.24) is 4.90 Å². The minimum absolute atomic E-state index is 0.0370. The molecule has 0 spiro atoms. The molecule has 0 fully saturated rings. The van der Waals surface area contributed by atoms with Crippen molar-refractivity contribution in [3.05, 3.63) is 0 Å². The summed E-state index contributed by atoms with van der Waals surface area (Å²) in [6.07, 6.45) is 0.715. The number of carbonyl (C=O) groups is 1. The van der Waals surface area contributed by atoms with Crippen LogP contribution in [0, 0.1) is 0 Å². The number of hydrogen-bond acceptors (Lipinski definition) is 4. The lowest BCUT2D eigenvalue weighted by atomic mass is 10.3. The summed E-state index contributed by atoms with van der Waals surface area (Å²) in [7, 11) is -0.294. The molecule has 0 aliphatic rings. The van der Waals surface area contributed by atoms with Gasteiger partial charge in [0.1, 0.15) is 0 Å². The Morgan fingerprint density at radius 2 is 1.69 bits per heavy atom. The van der Waals surface area contributed by atoms with Crippen LogP contribution < -0.4 is 5.73 Å². The normalized spacial score (nSPS) is 12.5. The number of carbonyl (C=O) groups excluding carboxylic acids is 1. The van der Waals surface area contributed by atoms with E-state index < -0.39 is 10.1 Å². The molecule has 6 nitrogen and oxygen atoms in total. The first kappa shape index (κ1) is 14.8. The van der Waals surface area contributed by atoms with E-state index in [0.717, 1.165) is 0 Å². The van der Waals surface area contributed by atoms with Crippen LogP contribution in [0.1, 0.15) is 6.92 Å². The van der Waals surface area contributed by atoms with E-state index >= 15 is 0 Å². The van der Waals surface area contributed by atoms with Gasteiger partial charge < -0.3 is 10.6 Å². The third-order valence-electron chi connectivity index (χ3n) is 0.830. The van der Waals surface area contributed by atoms with Gasteiger partial charge in [0.05, 0.1) is 12.3 Å². The molecule has 1 amide bonds. The van der Waals surface area contributed by atoms with E-state index in [-0.39, 0.29) is 11.9 Å². The van der Waals surface area contributed by atoms with E-state index in [1.54, 1.807) is 21.0 Å². The van der Waals surface area contributed by atoms with Crippen LogP contribution in [0.15, 0.2) is 0 Å². The summed E-state index contributed by atoms with van der Waals surface area (Å²) in [6, 6.07) is -0.370. The Labute approximate surface area is 78.5 Å². The third kappa shape index (κ3) is 18.4. The first-order valence-corrected chi connectivity index (χ1v) is 5.29. The second-order valence-corrected chi connectivity index (χ2v) is 4.22. The summed E-state index contributed by atoms with van der Waals surface area (Å²) >= 11 is 0. The first-order valence-electron chi connectivity index (χ1n) is 3.45. The maximum Gasteiger partial charge on any atom is 0.261 e. The van der Waals surface area contributed by atoms with E-state index in [2.05, 4.69) is 0 Å². The fourth-order valence-electron chi connectivity index (χ4n) is 0.407. The summed E-state index contributed by atoms with van der Waals surface area (Å²) in [5.41, 5.74) is 5.25. The van der Waals surface area contributed by atoms with Crippen LogP contribution in [0.2, 0.25) is 0 Å². The summed E-state index contributed by atoms with van der Waals surface area (Å²) in [5, 5.41) is 0. The monoisotopic (exact) mass is 212 g/mol. The average molecular weight is 212 g/mol. The van der Waals surface area contributed by atoms with Crippen molar-refractivity contribution in [3.63, 3.8) is 0 Å². The summed E-state index contributed by atoms with van der Waals surface area (Å²) in [4.78, 5) is 12.1. The van der Waals surface area contributed by atoms with Gasteiger partial charge in [0.25, 0.3) is 10.1 Å². The molecule has 1 atom stereocenters.